The molecule has 2 unspecified atom stereocenters. The Labute approximate surface area is 251 Å². The standard InChI is InChI=1S/2C13H16N5S.Fe/c2*1-14-13(19)18-17-12(10-6-2-4-8-15-10)11-7-3-5-9-16-11;/h2*2-9,12-14,18-19H,1H3;/q2*-1;+4/p-2. The monoisotopic (exact) mass is 602 g/mol. The van der Waals surface area contributed by atoms with Gasteiger partial charge in [0.1, 0.15) is 0 Å². The first-order valence-electron chi connectivity index (χ1n) is 11.8. The van der Waals surface area contributed by atoms with Crippen LogP contribution in [0, 0.1) is 0 Å². The molecule has 13 heteroatoms. The summed E-state index contributed by atoms with van der Waals surface area (Å²) in [5, 5.41) is 5.78. The minimum Gasteiger partial charge on any atom is -0.760 e. The van der Waals surface area contributed by atoms with E-state index in [0.29, 0.717) is 0 Å². The zero-order valence-electron chi connectivity index (χ0n) is 21.4. The van der Waals surface area contributed by atoms with Crippen LogP contribution in [-0.4, -0.2) is 45.0 Å². The van der Waals surface area contributed by atoms with E-state index in [1.807, 2.05) is 72.8 Å². The fourth-order valence-corrected chi connectivity index (χ4v) is 3.25. The van der Waals surface area contributed by atoms with Crippen molar-refractivity contribution in [2.24, 2.45) is 0 Å². The van der Waals surface area contributed by atoms with Gasteiger partial charge in [0, 0.05) is 47.6 Å². The average molecular weight is 603 g/mol. The molecule has 10 nitrogen and oxygen atoms in total. The molecular formula is C26H30FeN10S2. The van der Waals surface area contributed by atoms with Crippen LogP contribution in [0.3, 0.4) is 0 Å². The molecule has 0 spiro atoms. The van der Waals surface area contributed by atoms with Gasteiger partial charge in [0.15, 0.2) is 0 Å². The molecule has 0 saturated heterocycles. The van der Waals surface area contributed by atoms with Crippen molar-refractivity contribution in [1.82, 2.24) is 41.4 Å². The molecule has 4 rings (SSSR count). The van der Waals surface area contributed by atoms with Gasteiger partial charge in [-0.1, -0.05) is 35.3 Å². The molecule has 204 valence electrons. The van der Waals surface area contributed by atoms with Crippen LogP contribution in [0.4, 0.5) is 0 Å². The molecule has 4 aromatic rings. The van der Waals surface area contributed by atoms with Crippen molar-refractivity contribution in [3.63, 3.8) is 0 Å². The van der Waals surface area contributed by atoms with Crippen LogP contribution in [0.5, 0.6) is 0 Å². The molecule has 0 bridgehead atoms. The summed E-state index contributed by atoms with van der Waals surface area (Å²) in [4.78, 5) is 17.3. The molecule has 4 aromatic heterocycles. The molecular weight excluding hydrogens is 572 g/mol. The van der Waals surface area contributed by atoms with E-state index in [2.05, 4.69) is 52.3 Å². The number of nitrogens with one attached hydrogen (secondary N) is 4. The summed E-state index contributed by atoms with van der Waals surface area (Å²) in [6, 6.07) is 22.3. The van der Waals surface area contributed by atoms with Crippen LogP contribution in [-0.2, 0) is 42.3 Å². The maximum Gasteiger partial charge on any atom is 4.00 e. The SMILES string of the molecule is CNC([S-])N[N-]C(c1ccccn1)c1ccccn1.CNC([S-])N[N-]C(c1ccccn1)c1ccccn1.[Fe+4]. The molecule has 4 N–H and O–H groups in total. The van der Waals surface area contributed by atoms with Gasteiger partial charge in [0.05, 0.1) is 0 Å². The summed E-state index contributed by atoms with van der Waals surface area (Å²) in [5.74, 6) is 0. The molecule has 0 fully saturated rings. The third-order valence-electron chi connectivity index (χ3n) is 5.04. The van der Waals surface area contributed by atoms with Gasteiger partial charge in [-0.2, -0.15) is 0 Å². The summed E-state index contributed by atoms with van der Waals surface area (Å²) < 4.78 is 0. The number of pyridine rings is 4. The predicted octanol–water partition coefficient (Wildman–Crippen LogP) is 2.99. The second kappa shape index (κ2) is 18.8. The van der Waals surface area contributed by atoms with Crippen molar-refractivity contribution < 1.29 is 17.1 Å². The summed E-state index contributed by atoms with van der Waals surface area (Å²) in [6.45, 7) is 0. The van der Waals surface area contributed by atoms with Crippen molar-refractivity contribution in [2.45, 2.75) is 23.1 Å². The summed E-state index contributed by atoms with van der Waals surface area (Å²) >= 11 is 10.2. The average Bonchev–Trinajstić information content (AvgIpc) is 2.99. The first kappa shape index (κ1) is 32.8. The van der Waals surface area contributed by atoms with Crippen LogP contribution in [0.1, 0.15) is 34.9 Å². The van der Waals surface area contributed by atoms with Crippen LogP contribution in [0.15, 0.2) is 97.6 Å². The van der Waals surface area contributed by atoms with E-state index >= 15 is 0 Å². The van der Waals surface area contributed by atoms with Crippen molar-refractivity contribution in [3.8, 4) is 0 Å². The molecule has 0 aliphatic rings. The Morgan fingerprint density at radius 1 is 0.538 bits per heavy atom. The van der Waals surface area contributed by atoms with Crippen LogP contribution >= 0.6 is 0 Å². The Morgan fingerprint density at radius 2 is 0.821 bits per heavy atom. The normalized spacial score (nSPS) is 12.3. The molecule has 39 heavy (non-hydrogen) atoms. The van der Waals surface area contributed by atoms with Gasteiger partial charge in [0.2, 0.25) is 0 Å². The minimum atomic E-state index is -0.324. The number of hydrogen-bond acceptors (Lipinski definition) is 10. The molecule has 0 aromatic carbocycles. The predicted molar refractivity (Wildman–Crippen MR) is 154 cm³/mol. The van der Waals surface area contributed by atoms with E-state index in [9.17, 15) is 0 Å². The second-order valence-corrected chi connectivity index (χ2v) is 8.62. The smallest absolute Gasteiger partial charge is 0.760 e. The Bertz CT molecular complexity index is 979. The van der Waals surface area contributed by atoms with E-state index in [0.717, 1.165) is 22.8 Å². The molecule has 0 aliphatic heterocycles. The van der Waals surface area contributed by atoms with Crippen LogP contribution < -0.4 is 21.5 Å². The topological polar surface area (TPSA) is 128 Å². The Morgan fingerprint density at radius 3 is 1.03 bits per heavy atom. The molecule has 0 saturated carbocycles. The van der Waals surface area contributed by atoms with Gasteiger partial charge >= 0.3 is 17.1 Å². The Balaban J connectivity index is 0.000000267. The summed E-state index contributed by atoms with van der Waals surface area (Å²) in [7, 11) is 3.55. The van der Waals surface area contributed by atoms with E-state index in [4.69, 9.17) is 25.3 Å². The third-order valence-corrected chi connectivity index (χ3v) is 5.72. The van der Waals surface area contributed by atoms with Gasteiger partial charge in [-0.3, -0.25) is 19.9 Å². The first-order chi connectivity index (χ1) is 18.6. The molecule has 2 atom stereocenters. The number of nitrogens with zero attached hydrogens (tertiary/aromatic N) is 6. The fraction of sp³-hybridized carbons (Fsp3) is 0.231. The van der Waals surface area contributed by atoms with Gasteiger partial charge in [-0.25, -0.2) is 0 Å². The zero-order chi connectivity index (χ0) is 27.0. The second-order valence-electron chi connectivity index (χ2n) is 7.68. The maximum atomic E-state index is 5.10. The van der Waals surface area contributed by atoms with Crippen molar-refractivity contribution in [3.05, 3.63) is 131 Å². The maximum absolute atomic E-state index is 5.10. The van der Waals surface area contributed by atoms with Gasteiger partial charge in [-0.15, -0.1) is 0 Å². The van der Waals surface area contributed by atoms with Crippen molar-refractivity contribution in [1.29, 1.82) is 0 Å². The van der Waals surface area contributed by atoms with Crippen molar-refractivity contribution >= 4 is 25.3 Å². The van der Waals surface area contributed by atoms with E-state index in [1.165, 1.54) is 0 Å². The van der Waals surface area contributed by atoms with Gasteiger partial charge in [-0.05, 0) is 74.7 Å². The molecule has 0 radical (unpaired) electrons. The van der Waals surface area contributed by atoms with Crippen molar-refractivity contribution in [2.75, 3.05) is 14.1 Å². The van der Waals surface area contributed by atoms with Crippen LogP contribution in [0.25, 0.3) is 10.9 Å². The number of hydrogen-bond donors (Lipinski definition) is 4. The summed E-state index contributed by atoms with van der Waals surface area (Å²) in [5.41, 5.74) is 17.2. The zero-order valence-corrected chi connectivity index (χ0v) is 24.1. The Hall–Kier alpha value is -2.42. The van der Waals surface area contributed by atoms with Crippen LogP contribution in [0.2, 0.25) is 0 Å². The van der Waals surface area contributed by atoms with E-state index in [-0.39, 0.29) is 40.1 Å². The molecule has 4 heterocycles. The Kier molecular flexibility index (Phi) is 15.8. The van der Waals surface area contributed by atoms with Gasteiger partial charge < -0.3 is 57.6 Å². The quantitative estimate of drug-likeness (QED) is 0.0832. The van der Waals surface area contributed by atoms with E-state index in [1.54, 1.807) is 38.9 Å². The largest absolute Gasteiger partial charge is 4.00 e. The third kappa shape index (κ3) is 11.3. The summed E-state index contributed by atoms with van der Waals surface area (Å²) in [6.07, 6.45) is 6.96. The first-order valence-corrected chi connectivity index (χ1v) is 12.8. The minimum absolute atomic E-state index is 0. The number of rotatable bonds is 12. The number of aromatic nitrogens is 4. The molecule has 0 amide bonds. The van der Waals surface area contributed by atoms with E-state index < -0.39 is 0 Å². The fourth-order valence-electron chi connectivity index (χ4n) is 3.13. The van der Waals surface area contributed by atoms with Gasteiger partial charge in [0.25, 0.3) is 0 Å². The molecule has 0 aliphatic carbocycles.